The van der Waals surface area contributed by atoms with Gasteiger partial charge in [0, 0.05) is 11.1 Å². The van der Waals surface area contributed by atoms with Gasteiger partial charge in [-0.15, -0.1) is 0 Å². The molecule has 0 fully saturated rings. The van der Waals surface area contributed by atoms with E-state index in [1.54, 1.807) is 0 Å². The smallest absolute Gasteiger partial charge is 0.0393 e. The average Bonchev–Trinajstić information content (AvgIpc) is 2.20. The van der Waals surface area contributed by atoms with Crippen molar-refractivity contribution in [3.63, 3.8) is 0 Å². The Morgan fingerprint density at radius 1 is 0.929 bits per heavy atom. The molecule has 72 valence electrons. The molecule has 4 N–H and O–H groups in total. The predicted octanol–water partition coefficient (Wildman–Crippen LogP) is 1.92. The molecule has 0 spiro atoms. The molecule has 0 aliphatic rings. The molecule has 0 radical (unpaired) electrons. The highest BCUT2D eigenvalue weighted by molar-refractivity contribution is 5.94. The lowest BCUT2D eigenvalue weighted by atomic mass is 10.0. The van der Waals surface area contributed by atoms with Gasteiger partial charge in [-0.2, -0.15) is 0 Å². The van der Waals surface area contributed by atoms with Gasteiger partial charge in [-0.1, -0.05) is 30.3 Å². The van der Waals surface area contributed by atoms with Gasteiger partial charge in [-0.05, 0) is 30.0 Å². The van der Waals surface area contributed by atoms with Gasteiger partial charge < -0.3 is 11.5 Å². The summed E-state index contributed by atoms with van der Waals surface area (Å²) < 4.78 is 0. The van der Waals surface area contributed by atoms with Crippen LogP contribution in [0.15, 0.2) is 36.4 Å². The summed E-state index contributed by atoms with van der Waals surface area (Å²) >= 11 is 0. The number of hydrogen-bond donors (Lipinski definition) is 2. The Kier molecular flexibility index (Phi) is 2.37. The molecule has 2 aromatic rings. The lowest BCUT2D eigenvalue weighted by Gasteiger charge is -2.06. The Hall–Kier alpha value is -1.54. The lowest BCUT2D eigenvalue weighted by Crippen LogP contribution is -2.03. The van der Waals surface area contributed by atoms with Crippen LogP contribution in [0, 0.1) is 0 Å². The van der Waals surface area contributed by atoms with Crippen molar-refractivity contribution in [3.8, 4) is 0 Å². The molecule has 2 heteroatoms. The van der Waals surface area contributed by atoms with Crippen molar-refractivity contribution in [1.29, 1.82) is 0 Å². The van der Waals surface area contributed by atoms with Crippen LogP contribution < -0.4 is 11.5 Å². The Bertz CT molecular complexity index is 449. The van der Waals surface area contributed by atoms with Gasteiger partial charge >= 0.3 is 0 Å². The summed E-state index contributed by atoms with van der Waals surface area (Å²) in [6.07, 6.45) is 0.904. The van der Waals surface area contributed by atoms with E-state index < -0.39 is 0 Å². The topological polar surface area (TPSA) is 52.0 Å². The van der Waals surface area contributed by atoms with E-state index in [1.165, 1.54) is 10.9 Å². The fourth-order valence-electron chi connectivity index (χ4n) is 1.77. The van der Waals surface area contributed by atoms with Crippen molar-refractivity contribution in [2.75, 3.05) is 12.3 Å². The zero-order chi connectivity index (χ0) is 9.97. The molecule has 0 atom stereocenters. The third kappa shape index (κ3) is 1.44. The molecule has 2 aromatic carbocycles. The largest absolute Gasteiger partial charge is 0.398 e. The van der Waals surface area contributed by atoms with Crippen LogP contribution in [-0.2, 0) is 6.42 Å². The number of nitrogens with two attached hydrogens (primary N) is 2. The summed E-state index contributed by atoms with van der Waals surface area (Å²) in [5, 5.41) is 2.34. The number of fused-ring (bicyclic) bond motifs is 1. The quantitative estimate of drug-likeness (QED) is 0.704. The van der Waals surface area contributed by atoms with Crippen LogP contribution in [0.4, 0.5) is 5.69 Å². The van der Waals surface area contributed by atoms with Crippen LogP contribution in [0.3, 0.4) is 0 Å². The summed E-state index contributed by atoms with van der Waals surface area (Å²) in [6, 6.07) is 12.2. The molecule has 2 rings (SSSR count). The Labute approximate surface area is 83.5 Å². The maximum Gasteiger partial charge on any atom is 0.0393 e. The summed E-state index contributed by atoms with van der Waals surface area (Å²) in [4.78, 5) is 0. The first-order valence-corrected chi connectivity index (χ1v) is 4.79. The van der Waals surface area contributed by atoms with Gasteiger partial charge in [0.2, 0.25) is 0 Å². The highest BCUT2D eigenvalue weighted by Gasteiger charge is 2.01. The SMILES string of the molecule is NCCc1cccc2c(N)cccc12. The molecule has 0 amide bonds. The first kappa shape index (κ1) is 9.03. The molecule has 0 bridgehead atoms. The first-order valence-electron chi connectivity index (χ1n) is 4.79. The molecule has 0 saturated heterocycles. The van der Waals surface area contributed by atoms with Crippen molar-refractivity contribution in [2.24, 2.45) is 5.73 Å². The molecule has 14 heavy (non-hydrogen) atoms. The van der Waals surface area contributed by atoms with Crippen LogP contribution in [0.5, 0.6) is 0 Å². The average molecular weight is 186 g/mol. The molecular weight excluding hydrogens is 172 g/mol. The summed E-state index contributed by atoms with van der Waals surface area (Å²) in [6.45, 7) is 0.675. The Balaban J connectivity index is 2.68. The van der Waals surface area contributed by atoms with E-state index in [0.29, 0.717) is 6.54 Å². The number of nitrogen functional groups attached to an aromatic ring is 1. The summed E-state index contributed by atoms with van der Waals surface area (Å²) in [5.74, 6) is 0. The van der Waals surface area contributed by atoms with E-state index >= 15 is 0 Å². The molecule has 0 aromatic heterocycles. The van der Waals surface area contributed by atoms with Crippen molar-refractivity contribution >= 4 is 16.5 Å². The second-order valence-corrected chi connectivity index (χ2v) is 3.40. The van der Waals surface area contributed by atoms with Crippen molar-refractivity contribution in [3.05, 3.63) is 42.0 Å². The van der Waals surface area contributed by atoms with Crippen LogP contribution in [0.2, 0.25) is 0 Å². The lowest BCUT2D eigenvalue weighted by molar-refractivity contribution is 0.977. The first-order chi connectivity index (χ1) is 6.83. The number of hydrogen-bond acceptors (Lipinski definition) is 2. The van der Waals surface area contributed by atoms with Gasteiger partial charge in [-0.25, -0.2) is 0 Å². The van der Waals surface area contributed by atoms with Crippen LogP contribution in [-0.4, -0.2) is 6.54 Å². The minimum atomic E-state index is 0.675. The van der Waals surface area contributed by atoms with Crippen molar-refractivity contribution in [2.45, 2.75) is 6.42 Å². The van der Waals surface area contributed by atoms with Gasteiger partial charge in [0.15, 0.2) is 0 Å². The minimum absolute atomic E-state index is 0.675. The highest BCUT2D eigenvalue weighted by Crippen LogP contribution is 2.23. The van der Waals surface area contributed by atoms with E-state index in [2.05, 4.69) is 12.1 Å². The Morgan fingerprint density at radius 2 is 1.64 bits per heavy atom. The zero-order valence-electron chi connectivity index (χ0n) is 8.03. The number of anilines is 1. The molecule has 0 aliphatic carbocycles. The van der Waals surface area contributed by atoms with Crippen LogP contribution in [0.25, 0.3) is 10.8 Å². The van der Waals surface area contributed by atoms with E-state index in [4.69, 9.17) is 11.5 Å². The Morgan fingerprint density at radius 3 is 2.43 bits per heavy atom. The van der Waals surface area contributed by atoms with E-state index in [1.807, 2.05) is 24.3 Å². The van der Waals surface area contributed by atoms with Gasteiger partial charge in [0.1, 0.15) is 0 Å². The summed E-state index contributed by atoms with van der Waals surface area (Å²) in [7, 11) is 0. The fourth-order valence-corrected chi connectivity index (χ4v) is 1.77. The maximum absolute atomic E-state index is 5.89. The normalized spacial score (nSPS) is 10.6. The predicted molar refractivity (Wildman–Crippen MR) is 61.1 cm³/mol. The van der Waals surface area contributed by atoms with Gasteiger partial charge in [0.05, 0.1) is 0 Å². The third-order valence-corrected chi connectivity index (χ3v) is 2.46. The second-order valence-electron chi connectivity index (χ2n) is 3.40. The number of rotatable bonds is 2. The molecular formula is C12H14N2. The van der Waals surface area contributed by atoms with E-state index in [-0.39, 0.29) is 0 Å². The van der Waals surface area contributed by atoms with Crippen LogP contribution in [0.1, 0.15) is 5.56 Å². The molecule has 0 aliphatic heterocycles. The molecule has 0 unspecified atom stereocenters. The van der Waals surface area contributed by atoms with Gasteiger partial charge in [0.25, 0.3) is 0 Å². The minimum Gasteiger partial charge on any atom is -0.398 e. The van der Waals surface area contributed by atoms with Crippen LogP contribution >= 0.6 is 0 Å². The van der Waals surface area contributed by atoms with Gasteiger partial charge in [-0.3, -0.25) is 0 Å². The van der Waals surface area contributed by atoms with Crippen molar-refractivity contribution in [1.82, 2.24) is 0 Å². The second kappa shape index (κ2) is 3.68. The fraction of sp³-hybridized carbons (Fsp3) is 0.167. The third-order valence-electron chi connectivity index (χ3n) is 2.46. The monoisotopic (exact) mass is 186 g/mol. The standard InChI is InChI=1S/C12H14N2/c13-8-7-9-3-1-5-11-10(9)4-2-6-12(11)14/h1-6H,7-8,13-14H2. The number of benzene rings is 2. The van der Waals surface area contributed by atoms with E-state index in [9.17, 15) is 0 Å². The maximum atomic E-state index is 5.89. The summed E-state index contributed by atoms with van der Waals surface area (Å²) in [5.41, 5.74) is 13.6. The molecule has 0 heterocycles. The zero-order valence-corrected chi connectivity index (χ0v) is 8.03. The van der Waals surface area contributed by atoms with E-state index in [0.717, 1.165) is 17.5 Å². The molecule has 2 nitrogen and oxygen atoms in total. The van der Waals surface area contributed by atoms with Crippen molar-refractivity contribution < 1.29 is 0 Å². The highest BCUT2D eigenvalue weighted by atomic mass is 14.5. The molecule has 0 saturated carbocycles.